The fraction of sp³-hybridized carbons (Fsp3) is 0.467. The van der Waals surface area contributed by atoms with Crippen LogP contribution in [-0.2, 0) is 4.79 Å². The summed E-state index contributed by atoms with van der Waals surface area (Å²) in [5, 5.41) is 11.6. The largest absolute Gasteiger partial charge is 0.487 e. The van der Waals surface area contributed by atoms with Gasteiger partial charge >= 0.3 is 12.0 Å². The average molecular weight is 328 g/mol. The van der Waals surface area contributed by atoms with E-state index in [4.69, 9.17) is 9.84 Å². The van der Waals surface area contributed by atoms with E-state index >= 15 is 0 Å². The van der Waals surface area contributed by atoms with Crippen molar-refractivity contribution >= 4 is 17.7 Å². The molecule has 0 spiro atoms. The molecule has 1 unspecified atom stereocenters. The van der Waals surface area contributed by atoms with Gasteiger partial charge in [-0.05, 0) is 25.0 Å². The predicted molar refractivity (Wildman–Crippen MR) is 79.0 cm³/mol. The summed E-state index contributed by atoms with van der Waals surface area (Å²) in [5.41, 5.74) is 1.08. The maximum absolute atomic E-state index is 12.2. The van der Waals surface area contributed by atoms with Crippen molar-refractivity contribution < 1.29 is 28.2 Å². The van der Waals surface area contributed by atoms with Crippen molar-refractivity contribution in [2.45, 2.75) is 19.8 Å². The number of anilines is 1. The molecule has 1 heterocycles. The number of halogens is 2. The van der Waals surface area contributed by atoms with E-state index in [2.05, 4.69) is 5.32 Å². The molecule has 0 aliphatic carbocycles. The quantitative estimate of drug-likeness (QED) is 0.871. The number of hydrogen-bond acceptors (Lipinski definition) is 3. The first-order valence-corrected chi connectivity index (χ1v) is 7.17. The SMILES string of the molecule is Cc1ccc(NC(=O)N2CCC(C(=O)O)C2)cc1OCC(F)F. The highest BCUT2D eigenvalue weighted by Gasteiger charge is 2.30. The minimum Gasteiger partial charge on any atom is -0.487 e. The number of carboxylic acid groups (broad SMARTS) is 1. The lowest BCUT2D eigenvalue weighted by Crippen LogP contribution is -2.33. The molecule has 0 saturated carbocycles. The number of aryl methyl sites for hydroxylation is 1. The van der Waals surface area contributed by atoms with Gasteiger partial charge in [0, 0.05) is 24.8 Å². The third-order valence-corrected chi connectivity index (χ3v) is 3.63. The second-order valence-corrected chi connectivity index (χ2v) is 5.38. The zero-order chi connectivity index (χ0) is 17.0. The van der Waals surface area contributed by atoms with Crippen LogP contribution < -0.4 is 10.1 Å². The third-order valence-electron chi connectivity index (χ3n) is 3.63. The van der Waals surface area contributed by atoms with Crippen molar-refractivity contribution in [1.29, 1.82) is 0 Å². The molecule has 1 aliphatic heterocycles. The van der Waals surface area contributed by atoms with E-state index in [0.29, 0.717) is 24.2 Å². The number of hydrogen-bond donors (Lipinski definition) is 2. The number of nitrogens with one attached hydrogen (secondary N) is 1. The monoisotopic (exact) mass is 328 g/mol. The fourth-order valence-corrected chi connectivity index (χ4v) is 2.33. The number of carbonyl (C=O) groups is 2. The Labute approximate surface area is 132 Å². The zero-order valence-corrected chi connectivity index (χ0v) is 12.6. The molecule has 1 aromatic carbocycles. The molecule has 1 aliphatic rings. The molecule has 0 bridgehead atoms. The van der Waals surface area contributed by atoms with E-state index in [1.807, 2.05) is 0 Å². The number of nitrogens with zero attached hydrogens (tertiary/aromatic N) is 1. The molecule has 2 amide bonds. The minimum atomic E-state index is -2.58. The third kappa shape index (κ3) is 4.54. The normalized spacial score (nSPS) is 17.4. The maximum Gasteiger partial charge on any atom is 0.321 e. The number of alkyl halides is 2. The van der Waals surface area contributed by atoms with Crippen LogP contribution in [0.1, 0.15) is 12.0 Å². The van der Waals surface area contributed by atoms with Gasteiger partial charge in [0.1, 0.15) is 12.4 Å². The number of aliphatic carboxylic acids is 1. The Hall–Kier alpha value is -2.38. The molecule has 1 fully saturated rings. The molecular formula is C15H18F2N2O4. The number of benzene rings is 1. The van der Waals surface area contributed by atoms with Crippen molar-refractivity contribution in [3.63, 3.8) is 0 Å². The molecule has 2 rings (SSSR count). The van der Waals surface area contributed by atoms with Crippen LogP contribution in [-0.4, -0.2) is 48.1 Å². The summed E-state index contributed by atoms with van der Waals surface area (Å²) in [6, 6.07) is 4.34. The van der Waals surface area contributed by atoms with Crippen molar-refractivity contribution in [3.8, 4) is 5.75 Å². The Morgan fingerprint density at radius 2 is 2.22 bits per heavy atom. The van der Waals surface area contributed by atoms with E-state index in [1.54, 1.807) is 19.1 Å². The van der Waals surface area contributed by atoms with Crippen LogP contribution >= 0.6 is 0 Å². The van der Waals surface area contributed by atoms with Gasteiger partial charge in [0.15, 0.2) is 0 Å². The van der Waals surface area contributed by atoms with E-state index in [9.17, 15) is 18.4 Å². The number of ether oxygens (including phenoxy) is 1. The van der Waals surface area contributed by atoms with Crippen molar-refractivity contribution in [1.82, 2.24) is 4.90 Å². The second kappa shape index (κ2) is 7.26. The van der Waals surface area contributed by atoms with Gasteiger partial charge in [-0.3, -0.25) is 4.79 Å². The van der Waals surface area contributed by atoms with E-state index < -0.39 is 31.0 Å². The summed E-state index contributed by atoms with van der Waals surface area (Å²) in [6.07, 6.45) is -2.16. The lowest BCUT2D eigenvalue weighted by Gasteiger charge is -2.17. The Morgan fingerprint density at radius 3 is 2.83 bits per heavy atom. The average Bonchev–Trinajstić information content (AvgIpc) is 2.98. The molecule has 1 aromatic rings. The second-order valence-electron chi connectivity index (χ2n) is 5.38. The smallest absolute Gasteiger partial charge is 0.321 e. The number of likely N-dealkylation sites (tertiary alicyclic amines) is 1. The standard InChI is InChI=1S/C15H18F2N2O4/c1-9-2-3-11(6-12(9)23-8-13(16)17)18-15(22)19-5-4-10(7-19)14(20)21/h2-3,6,10,13H,4-5,7-8H2,1H3,(H,18,22)(H,20,21). The molecule has 0 aromatic heterocycles. The van der Waals surface area contributed by atoms with E-state index in [-0.39, 0.29) is 12.3 Å². The highest BCUT2D eigenvalue weighted by atomic mass is 19.3. The van der Waals surface area contributed by atoms with Crippen LogP contribution in [0, 0.1) is 12.8 Å². The van der Waals surface area contributed by atoms with Crippen LogP contribution in [0.15, 0.2) is 18.2 Å². The van der Waals surface area contributed by atoms with E-state index in [0.717, 1.165) is 0 Å². The summed E-state index contributed by atoms with van der Waals surface area (Å²) in [4.78, 5) is 24.4. The van der Waals surface area contributed by atoms with Crippen LogP contribution in [0.3, 0.4) is 0 Å². The number of carbonyl (C=O) groups excluding carboxylic acids is 1. The van der Waals surface area contributed by atoms with Gasteiger partial charge in [-0.25, -0.2) is 13.6 Å². The highest BCUT2D eigenvalue weighted by Crippen LogP contribution is 2.24. The summed E-state index contributed by atoms with van der Waals surface area (Å²) in [5.74, 6) is -1.20. The van der Waals surface area contributed by atoms with Crippen LogP contribution in [0.2, 0.25) is 0 Å². The van der Waals surface area contributed by atoms with Crippen LogP contribution in [0.4, 0.5) is 19.3 Å². The molecule has 0 radical (unpaired) electrons. The number of amides is 2. The van der Waals surface area contributed by atoms with Gasteiger partial charge in [0.25, 0.3) is 6.43 Å². The topological polar surface area (TPSA) is 78.9 Å². The molecule has 1 saturated heterocycles. The van der Waals surface area contributed by atoms with Crippen molar-refractivity contribution in [3.05, 3.63) is 23.8 Å². The van der Waals surface area contributed by atoms with Crippen molar-refractivity contribution in [2.75, 3.05) is 25.0 Å². The first kappa shape index (κ1) is 17.0. The summed E-state index contributed by atoms with van der Waals surface area (Å²) >= 11 is 0. The van der Waals surface area contributed by atoms with Crippen LogP contribution in [0.5, 0.6) is 5.75 Å². The van der Waals surface area contributed by atoms with Gasteiger partial charge in [-0.1, -0.05) is 6.07 Å². The lowest BCUT2D eigenvalue weighted by molar-refractivity contribution is -0.141. The maximum atomic E-state index is 12.2. The molecule has 2 N–H and O–H groups in total. The Kier molecular flexibility index (Phi) is 5.36. The van der Waals surface area contributed by atoms with Gasteiger partial charge in [0.05, 0.1) is 5.92 Å². The summed E-state index contributed by atoms with van der Waals surface area (Å²) < 4.78 is 29.4. The van der Waals surface area contributed by atoms with Crippen LogP contribution in [0.25, 0.3) is 0 Å². The highest BCUT2D eigenvalue weighted by molar-refractivity contribution is 5.90. The number of urea groups is 1. The Morgan fingerprint density at radius 1 is 1.48 bits per heavy atom. The predicted octanol–water partition coefficient (Wildman–Crippen LogP) is 2.58. The fourth-order valence-electron chi connectivity index (χ4n) is 2.33. The van der Waals surface area contributed by atoms with Gasteiger partial charge in [0.2, 0.25) is 0 Å². The molecule has 6 nitrogen and oxygen atoms in total. The number of carboxylic acids is 1. The summed E-state index contributed by atoms with van der Waals surface area (Å²) in [7, 11) is 0. The minimum absolute atomic E-state index is 0.155. The molecule has 23 heavy (non-hydrogen) atoms. The first-order chi connectivity index (χ1) is 10.9. The zero-order valence-electron chi connectivity index (χ0n) is 12.6. The van der Waals surface area contributed by atoms with E-state index in [1.165, 1.54) is 11.0 Å². The first-order valence-electron chi connectivity index (χ1n) is 7.17. The van der Waals surface area contributed by atoms with Crippen molar-refractivity contribution in [2.24, 2.45) is 5.92 Å². The van der Waals surface area contributed by atoms with Gasteiger partial charge in [-0.15, -0.1) is 0 Å². The Balaban J connectivity index is 1.98. The number of rotatable bonds is 5. The lowest BCUT2D eigenvalue weighted by atomic mass is 10.1. The molecule has 126 valence electrons. The van der Waals surface area contributed by atoms with Gasteiger partial charge < -0.3 is 20.1 Å². The Bertz CT molecular complexity index is 595. The molecular weight excluding hydrogens is 310 g/mol. The van der Waals surface area contributed by atoms with Gasteiger partial charge in [-0.2, -0.15) is 0 Å². The molecule has 8 heteroatoms. The molecule has 1 atom stereocenters. The summed E-state index contributed by atoms with van der Waals surface area (Å²) in [6.45, 7) is 1.51.